The second-order valence-corrected chi connectivity index (χ2v) is 11.0. The zero-order valence-corrected chi connectivity index (χ0v) is 22.8. The lowest BCUT2D eigenvalue weighted by molar-refractivity contribution is 0.0698. The summed E-state index contributed by atoms with van der Waals surface area (Å²) in [4.78, 5) is 45.9. The molecule has 0 aliphatic carbocycles. The van der Waals surface area contributed by atoms with E-state index in [0.717, 1.165) is 16.0 Å². The van der Waals surface area contributed by atoms with Crippen LogP contribution in [0.15, 0.2) is 66.7 Å². The maximum Gasteiger partial charge on any atom is 0.337 e. The lowest BCUT2D eigenvalue weighted by Crippen LogP contribution is -2.23. The molecule has 0 fully saturated rings. The Kier molecular flexibility index (Phi) is 7.58. The maximum absolute atomic E-state index is 12.9. The Hall–Kier alpha value is -3.89. The number of nitrogens with one attached hydrogen (secondary N) is 3. The van der Waals surface area contributed by atoms with E-state index in [9.17, 15) is 19.5 Å². The van der Waals surface area contributed by atoms with Crippen molar-refractivity contribution in [2.45, 2.75) is 6.54 Å². The number of thiophene rings is 1. The molecule has 3 aromatic carbocycles. The second-order valence-electron chi connectivity index (χ2n) is 8.35. The summed E-state index contributed by atoms with van der Waals surface area (Å²) in [6.07, 6.45) is 0. The van der Waals surface area contributed by atoms with E-state index in [1.54, 1.807) is 48.5 Å². The Labute approximate surface area is 240 Å². The van der Waals surface area contributed by atoms with Gasteiger partial charge in [0.25, 0.3) is 11.8 Å². The van der Waals surface area contributed by atoms with E-state index < -0.39 is 17.8 Å². The number of nitrogens with zero attached hydrogens (tertiary/aromatic N) is 1. The van der Waals surface area contributed by atoms with Crippen molar-refractivity contribution in [2.75, 3.05) is 5.32 Å². The summed E-state index contributed by atoms with van der Waals surface area (Å²) in [6.45, 7) is 0.253. The van der Waals surface area contributed by atoms with Crippen molar-refractivity contribution < 1.29 is 19.5 Å². The number of aromatic amines is 1. The fourth-order valence-corrected chi connectivity index (χ4v) is 5.15. The van der Waals surface area contributed by atoms with Crippen molar-refractivity contribution in [1.82, 2.24) is 15.3 Å². The molecule has 39 heavy (non-hydrogen) atoms. The number of carboxylic acids is 1. The van der Waals surface area contributed by atoms with E-state index in [2.05, 4.69) is 20.6 Å². The van der Waals surface area contributed by atoms with Crippen LogP contribution in [0.5, 0.6) is 0 Å². The molecular weight excluding hydrogens is 583 g/mol. The highest BCUT2D eigenvalue weighted by Crippen LogP contribution is 2.29. The lowest BCUT2D eigenvalue weighted by Gasteiger charge is -2.11. The van der Waals surface area contributed by atoms with Gasteiger partial charge in [-0.15, -0.1) is 11.3 Å². The minimum absolute atomic E-state index is 0.0595. The fourth-order valence-electron chi connectivity index (χ4n) is 3.80. The van der Waals surface area contributed by atoms with E-state index in [-0.39, 0.29) is 23.4 Å². The molecule has 0 radical (unpaired) electrons. The summed E-state index contributed by atoms with van der Waals surface area (Å²) in [5.74, 6) is -1.69. The first-order chi connectivity index (χ1) is 18.7. The summed E-state index contributed by atoms with van der Waals surface area (Å²) in [5, 5.41) is 15.8. The van der Waals surface area contributed by atoms with Crippen LogP contribution < -0.4 is 10.6 Å². The van der Waals surface area contributed by atoms with Crippen LogP contribution in [0.2, 0.25) is 14.4 Å². The average molecular weight is 600 g/mol. The first kappa shape index (κ1) is 26.7. The quantitative estimate of drug-likeness (QED) is 0.158. The minimum Gasteiger partial charge on any atom is -0.478 e. The fraction of sp³-hybridized carbons (Fsp3) is 0.0370. The molecule has 2 aromatic heterocycles. The molecule has 5 aromatic rings. The molecule has 2 heterocycles. The van der Waals surface area contributed by atoms with Crippen LogP contribution in [0, 0.1) is 0 Å². The number of carbonyl (C=O) groups is 3. The Morgan fingerprint density at radius 1 is 0.872 bits per heavy atom. The Balaban J connectivity index is 1.30. The Bertz CT molecular complexity index is 1710. The van der Waals surface area contributed by atoms with Crippen molar-refractivity contribution in [3.8, 4) is 11.4 Å². The number of halogens is 3. The number of rotatable bonds is 7. The largest absolute Gasteiger partial charge is 0.478 e. The van der Waals surface area contributed by atoms with E-state index in [1.807, 2.05) is 0 Å². The van der Waals surface area contributed by atoms with Crippen molar-refractivity contribution in [2.24, 2.45) is 0 Å². The van der Waals surface area contributed by atoms with Crippen LogP contribution in [0.3, 0.4) is 0 Å². The van der Waals surface area contributed by atoms with Gasteiger partial charge in [0.1, 0.15) is 5.82 Å². The van der Waals surface area contributed by atoms with E-state index in [4.69, 9.17) is 34.8 Å². The summed E-state index contributed by atoms with van der Waals surface area (Å²) in [5.41, 5.74) is 2.38. The molecule has 0 bridgehead atoms. The standard InChI is InChI=1S/C27H17Cl3N4O4S/c28-18-10-21-22(11-19(18)29)33-24(32-21)13-1-3-14(4-2-13)26(36)34-20-7-5-15(9-17(20)27(37)38)25(35)31-12-16-6-8-23(30)39-16/h1-11H,12H2,(H,31,35)(H,32,33)(H,34,36)(H,37,38). The summed E-state index contributed by atoms with van der Waals surface area (Å²) in [7, 11) is 0. The van der Waals surface area contributed by atoms with Gasteiger partial charge >= 0.3 is 5.97 Å². The maximum atomic E-state index is 12.9. The molecule has 0 aliphatic rings. The van der Waals surface area contributed by atoms with Crippen molar-refractivity contribution in [3.63, 3.8) is 0 Å². The molecule has 0 unspecified atom stereocenters. The number of benzene rings is 3. The first-order valence-electron chi connectivity index (χ1n) is 11.3. The van der Waals surface area contributed by atoms with Gasteiger partial charge in [-0.2, -0.15) is 0 Å². The Morgan fingerprint density at radius 3 is 2.28 bits per heavy atom. The van der Waals surface area contributed by atoms with Gasteiger partial charge in [-0.1, -0.05) is 46.9 Å². The Morgan fingerprint density at radius 2 is 1.59 bits per heavy atom. The number of fused-ring (bicyclic) bond motifs is 1. The van der Waals surface area contributed by atoms with E-state index in [1.165, 1.54) is 29.5 Å². The first-order valence-corrected chi connectivity index (χ1v) is 13.3. The third kappa shape index (κ3) is 5.91. The monoisotopic (exact) mass is 598 g/mol. The summed E-state index contributed by atoms with van der Waals surface area (Å²) in [6, 6.07) is 17.5. The van der Waals surface area contributed by atoms with Gasteiger partial charge in [0.2, 0.25) is 0 Å². The second kappa shape index (κ2) is 11.1. The van der Waals surface area contributed by atoms with Gasteiger partial charge in [-0.3, -0.25) is 9.59 Å². The number of anilines is 1. The number of imidazole rings is 1. The van der Waals surface area contributed by atoms with E-state index in [0.29, 0.717) is 31.3 Å². The van der Waals surface area contributed by atoms with Gasteiger partial charge < -0.3 is 20.7 Å². The molecule has 4 N–H and O–H groups in total. The molecule has 196 valence electrons. The normalized spacial score (nSPS) is 10.9. The number of carboxylic acid groups (broad SMARTS) is 1. The van der Waals surface area contributed by atoms with Gasteiger partial charge in [-0.25, -0.2) is 9.78 Å². The van der Waals surface area contributed by atoms with Crippen LogP contribution >= 0.6 is 46.1 Å². The molecule has 12 heteroatoms. The third-order valence-corrected chi connectivity index (χ3v) is 7.71. The SMILES string of the molecule is O=C(NCc1ccc(Cl)s1)c1ccc(NC(=O)c2ccc(-c3nc4cc(Cl)c(Cl)cc4[nH]3)cc2)c(C(=O)O)c1. The molecule has 0 spiro atoms. The highest BCUT2D eigenvalue weighted by atomic mass is 35.5. The van der Waals surface area contributed by atoms with Crippen LogP contribution in [0.1, 0.15) is 36.0 Å². The summed E-state index contributed by atoms with van der Waals surface area (Å²) < 4.78 is 0.604. The number of hydrogen-bond acceptors (Lipinski definition) is 5. The average Bonchev–Trinajstić information content (AvgIpc) is 3.53. The number of amides is 2. The van der Waals surface area contributed by atoms with Crippen LogP contribution in [0.25, 0.3) is 22.4 Å². The molecule has 0 atom stereocenters. The highest BCUT2D eigenvalue weighted by molar-refractivity contribution is 7.16. The van der Waals surface area contributed by atoms with Crippen LogP contribution in [-0.2, 0) is 6.54 Å². The van der Waals surface area contributed by atoms with Crippen molar-refractivity contribution >= 4 is 80.6 Å². The number of aromatic carboxylic acids is 1. The topological polar surface area (TPSA) is 124 Å². The number of carbonyl (C=O) groups excluding carboxylic acids is 2. The molecule has 5 rings (SSSR count). The van der Waals surface area contributed by atoms with E-state index >= 15 is 0 Å². The molecule has 2 amide bonds. The summed E-state index contributed by atoms with van der Waals surface area (Å²) >= 11 is 19.4. The molecule has 8 nitrogen and oxygen atoms in total. The predicted octanol–water partition coefficient (Wildman–Crippen LogP) is 7.13. The molecule has 0 aliphatic heterocycles. The zero-order valence-electron chi connectivity index (χ0n) is 19.7. The lowest BCUT2D eigenvalue weighted by atomic mass is 10.1. The van der Waals surface area contributed by atoms with Gasteiger partial charge in [0.05, 0.1) is 43.2 Å². The molecule has 0 saturated carbocycles. The van der Waals surface area contributed by atoms with Crippen molar-refractivity contribution in [3.05, 3.63) is 103 Å². The van der Waals surface area contributed by atoms with Crippen LogP contribution in [-0.4, -0.2) is 32.9 Å². The van der Waals surface area contributed by atoms with Gasteiger partial charge in [0.15, 0.2) is 0 Å². The number of aromatic nitrogens is 2. The van der Waals surface area contributed by atoms with Crippen molar-refractivity contribution in [1.29, 1.82) is 0 Å². The van der Waals surface area contributed by atoms with Gasteiger partial charge in [0, 0.05) is 21.6 Å². The number of hydrogen-bond donors (Lipinski definition) is 4. The molecule has 0 saturated heterocycles. The third-order valence-electron chi connectivity index (χ3n) is 5.76. The van der Waals surface area contributed by atoms with Crippen LogP contribution in [0.4, 0.5) is 5.69 Å². The smallest absolute Gasteiger partial charge is 0.337 e. The highest BCUT2D eigenvalue weighted by Gasteiger charge is 2.18. The predicted molar refractivity (Wildman–Crippen MR) is 153 cm³/mol. The zero-order chi connectivity index (χ0) is 27.7. The minimum atomic E-state index is -1.29. The van der Waals surface area contributed by atoms with Gasteiger partial charge in [-0.05, 0) is 54.6 Å². The number of H-pyrrole nitrogens is 1. The molecular formula is C27H17Cl3N4O4S.